The average Bonchev–Trinajstić information content (AvgIpc) is 2.13. The molecule has 0 saturated heterocycles. The van der Waals surface area contributed by atoms with Crippen molar-refractivity contribution in [3.8, 4) is 0 Å². The van der Waals surface area contributed by atoms with Crippen LogP contribution in [0.5, 0.6) is 0 Å². The monoisotopic (exact) mass is 240 g/mol. The SMILES string of the molecule is CC(NCC(=O)NO)P(C)(=O)O.CCC. The average molecular weight is 240 g/mol. The molecule has 0 aromatic heterocycles. The normalized spacial score (nSPS) is 15.6. The van der Waals surface area contributed by atoms with E-state index in [2.05, 4.69) is 19.2 Å². The smallest absolute Gasteiger partial charge is 0.257 e. The third-order valence-electron chi connectivity index (χ3n) is 1.40. The van der Waals surface area contributed by atoms with E-state index in [-0.39, 0.29) is 6.54 Å². The summed E-state index contributed by atoms with van der Waals surface area (Å²) in [5.74, 6) is -1.30. The molecule has 0 rings (SSSR count). The van der Waals surface area contributed by atoms with Crippen LogP contribution in [0.4, 0.5) is 0 Å². The summed E-state index contributed by atoms with van der Waals surface area (Å²) in [6.45, 7) is 6.75. The summed E-state index contributed by atoms with van der Waals surface area (Å²) in [7, 11) is -3.20. The molecule has 0 fully saturated rings. The molecule has 0 spiro atoms. The number of nitrogens with one attached hydrogen (secondary N) is 2. The molecule has 0 aliphatic carbocycles. The Kier molecular flexibility index (Phi) is 10.0. The largest absolute Gasteiger partial charge is 0.343 e. The first-order chi connectivity index (χ1) is 6.79. The summed E-state index contributed by atoms with van der Waals surface area (Å²) < 4.78 is 10.9. The van der Waals surface area contributed by atoms with Gasteiger partial charge in [-0.05, 0) is 6.92 Å². The minimum absolute atomic E-state index is 0.184. The standard InChI is InChI=1S/C5H13N2O4P.C3H8/c1-4(12(2,10)11)6-3-5(8)7-9;1-3-2/h4,6,9H,3H2,1-2H3,(H,7,8)(H,10,11);3H2,1-2H3. The van der Waals surface area contributed by atoms with Gasteiger partial charge in [0.2, 0.25) is 7.37 Å². The highest BCUT2D eigenvalue weighted by atomic mass is 31.2. The second-order valence-electron chi connectivity index (χ2n) is 3.24. The van der Waals surface area contributed by atoms with Crippen LogP contribution in [-0.2, 0) is 9.36 Å². The highest BCUT2D eigenvalue weighted by Gasteiger charge is 2.20. The number of rotatable bonds is 4. The van der Waals surface area contributed by atoms with Gasteiger partial charge in [-0.2, -0.15) is 0 Å². The molecule has 15 heavy (non-hydrogen) atoms. The number of carbonyl (C=O) groups excluding carboxylic acids is 1. The van der Waals surface area contributed by atoms with Gasteiger partial charge in [-0.15, -0.1) is 0 Å². The van der Waals surface area contributed by atoms with Crippen LogP contribution in [0.2, 0.25) is 0 Å². The highest BCUT2D eigenvalue weighted by molar-refractivity contribution is 7.57. The lowest BCUT2D eigenvalue weighted by molar-refractivity contribution is -0.128. The van der Waals surface area contributed by atoms with Crippen molar-refractivity contribution in [2.24, 2.45) is 0 Å². The molecule has 4 N–H and O–H groups in total. The van der Waals surface area contributed by atoms with Crippen LogP contribution in [0.25, 0.3) is 0 Å². The predicted molar refractivity (Wildman–Crippen MR) is 59.1 cm³/mol. The molecule has 0 aliphatic rings. The van der Waals surface area contributed by atoms with Crippen LogP contribution in [0.1, 0.15) is 27.2 Å². The van der Waals surface area contributed by atoms with Gasteiger partial charge in [0.05, 0.1) is 12.3 Å². The summed E-state index contributed by atoms with van der Waals surface area (Å²) in [5.41, 5.74) is 1.40. The second-order valence-corrected chi connectivity index (χ2v) is 5.90. The van der Waals surface area contributed by atoms with Crippen LogP contribution < -0.4 is 10.8 Å². The van der Waals surface area contributed by atoms with Crippen molar-refractivity contribution in [2.75, 3.05) is 13.2 Å². The van der Waals surface area contributed by atoms with E-state index in [0.29, 0.717) is 0 Å². The summed E-state index contributed by atoms with van der Waals surface area (Å²) in [6.07, 6.45) is 1.25. The maximum absolute atomic E-state index is 10.9. The van der Waals surface area contributed by atoms with E-state index in [1.807, 2.05) is 0 Å². The van der Waals surface area contributed by atoms with Crippen molar-refractivity contribution in [3.05, 3.63) is 0 Å². The van der Waals surface area contributed by atoms with E-state index in [9.17, 15) is 9.36 Å². The Morgan fingerprint density at radius 3 is 2.13 bits per heavy atom. The van der Waals surface area contributed by atoms with Gasteiger partial charge in [-0.1, -0.05) is 20.3 Å². The van der Waals surface area contributed by atoms with Crippen molar-refractivity contribution < 1.29 is 19.5 Å². The molecule has 6 nitrogen and oxygen atoms in total. The number of amides is 1. The van der Waals surface area contributed by atoms with Crippen LogP contribution in [-0.4, -0.2) is 35.0 Å². The molecule has 0 saturated carbocycles. The van der Waals surface area contributed by atoms with E-state index in [1.54, 1.807) is 0 Å². The van der Waals surface area contributed by atoms with Gasteiger partial charge in [-0.3, -0.25) is 19.9 Å². The van der Waals surface area contributed by atoms with Crippen molar-refractivity contribution in [2.45, 2.75) is 33.0 Å². The Balaban J connectivity index is 0. The first-order valence-electron chi connectivity index (χ1n) is 4.75. The maximum atomic E-state index is 10.9. The first kappa shape index (κ1) is 17.0. The lowest BCUT2D eigenvalue weighted by Gasteiger charge is -2.15. The summed E-state index contributed by atoms with van der Waals surface area (Å²) in [5, 5.41) is 10.6. The van der Waals surface area contributed by atoms with Crippen LogP contribution >= 0.6 is 7.37 Å². The number of hydroxylamine groups is 1. The highest BCUT2D eigenvalue weighted by Crippen LogP contribution is 2.39. The fourth-order valence-corrected chi connectivity index (χ4v) is 0.879. The van der Waals surface area contributed by atoms with E-state index in [0.717, 1.165) is 0 Å². The van der Waals surface area contributed by atoms with Crippen LogP contribution in [0.15, 0.2) is 0 Å². The molecule has 2 unspecified atom stereocenters. The van der Waals surface area contributed by atoms with Gasteiger partial charge in [0.25, 0.3) is 5.91 Å². The Bertz CT molecular complexity index is 217. The Morgan fingerprint density at radius 2 is 1.87 bits per heavy atom. The molecule has 0 radical (unpaired) electrons. The van der Waals surface area contributed by atoms with Crippen LogP contribution in [0, 0.1) is 0 Å². The summed E-state index contributed by atoms with van der Waals surface area (Å²) in [6, 6.07) is 0. The summed E-state index contributed by atoms with van der Waals surface area (Å²) in [4.78, 5) is 19.4. The lowest BCUT2D eigenvalue weighted by Crippen LogP contribution is -2.36. The van der Waals surface area contributed by atoms with Crippen LogP contribution in [0.3, 0.4) is 0 Å². The van der Waals surface area contributed by atoms with Gasteiger partial charge in [0.15, 0.2) is 0 Å². The van der Waals surface area contributed by atoms with Crippen molar-refractivity contribution in [1.29, 1.82) is 0 Å². The minimum atomic E-state index is -3.20. The molecule has 0 aromatic carbocycles. The number of carbonyl (C=O) groups is 1. The Morgan fingerprint density at radius 1 is 1.47 bits per heavy atom. The summed E-state index contributed by atoms with van der Waals surface area (Å²) >= 11 is 0. The molecular formula is C8H21N2O4P. The van der Waals surface area contributed by atoms with Gasteiger partial charge in [0, 0.05) is 6.66 Å². The van der Waals surface area contributed by atoms with E-state index >= 15 is 0 Å². The topological polar surface area (TPSA) is 98.7 Å². The van der Waals surface area contributed by atoms with Crippen molar-refractivity contribution in [1.82, 2.24) is 10.8 Å². The fraction of sp³-hybridized carbons (Fsp3) is 0.875. The van der Waals surface area contributed by atoms with Gasteiger partial charge in [0.1, 0.15) is 0 Å². The zero-order valence-corrected chi connectivity index (χ0v) is 10.5. The van der Waals surface area contributed by atoms with Crippen molar-refractivity contribution >= 4 is 13.3 Å². The second kappa shape index (κ2) is 8.85. The maximum Gasteiger partial charge on any atom is 0.257 e. The quantitative estimate of drug-likeness (QED) is 0.330. The molecular weight excluding hydrogens is 219 g/mol. The zero-order valence-electron chi connectivity index (χ0n) is 9.65. The molecule has 0 bridgehead atoms. The molecule has 0 heterocycles. The van der Waals surface area contributed by atoms with Gasteiger partial charge >= 0.3 is 0 Å². The third kappa shape index (κ3) is 11.5. The molecule has 7 heteroatoms. The first-order valence-corrected chi connectivity index (χ1v) is 6.93. The molecule has 1 amide bonds. The number of hydrogen-bond acceptors (Lipinski definition) is 4. The van der Waals surface area contributed by atoms with Crippen molar-refractivity contribution in [3.63, 3.8) is 0 Å². The zero-order chi connectivity index (χ0) is 12.5. The predicted octanol–water partition coefficient (Wildman–Crippen LogP) is 0.744. The van der Waals surface area contributed by atoms with E-state index in [1.165, 1.54) is 25.5 Å². The van der Waals surface area contributed by atoms with Gasteiger partial charge < -0.3 is 4.89 Å². The number of hydrogen-bond donors (Lipinski definition) is 4. The molecule has 0 aliphatic heterocycles. The van der Waals surface area contributed by atoms with E-state index < -0.39 is 19.1 Å². The fourth-order valence-electron chi connectivity index (χ4n) is 0.449. The third-order valence-corrected chi connectivity index (χ3v) is 3.02. The molecule has 92 valence electrons. The molecule has 0 aromatic rings. The van der Waals surface area contributed by atoms with E-state index in [4.69, 9.17) is 10.1 Å². The lowest BCUT2D eigenvalue weighted by atomic mass is 10.6. The molecule has 2 atom stereocenters. The minimum Gasteiger partial charge on any atom is -0.343 e. The Labute approximate surface area is 90.5 Å². The Hall–Kier alpha value is -0.420. The van der Waals surface area contributed by atoms with Gasteiger partial charge in [-0.25, -0.2) is 5.48 Å².